The first-order chi connectivity index (χ1) is 14.8. The van der Waals surface area contributed by atoms with E-state index < -0.39 is 35.5 Å². The number of nitrogens with zero attached hydrogens (tertiary/aromatic N) is 3. The van der Waals surface area contributed by atoms with Crippen LogP contribution in [0.15, 0.2) is 39.9 Å². The highest BCUT2D eigenvalue weighted by Gasteiger charge is 2.29. The minimum atomic E-state index is -0.817. The first-order valence-electron chi connectivity index (χ1n) is 9.58. The number of benzene rings is 1. The van der Waals surface area contributed by atoms with Gasteiger partial charge >= 0.3 is 11.7 Å². The standard InChI is InChI=1S/C21H19FN4O5/c1-25-18-17(14(20(29)31-2)9-15(24-18)11-3-4-11)19(28)26(21(25)30)10-16(27)23-13-7-5-12(22)6-8-13/h5-9,11H,3-4,10H2,1-2H3,(H,23,27). The maximum atomic E-state index is 13.1. The zero-order valence-electron chi connectivity index (χ0n) is 16.8. The molecule has 1 N–H and O–H groups in total. The largest absolute Gasteiger partial charge is 0.465 e. The first kappa shape index (κ1) is 20.5. The third-order valence-corrected chi connectivity index (χ3v) is 5.15. The van der Waals surface area contributed by atoms with E-state index in [0.29, 0.717) is 11.4 Å². The second-order valence-corrected chi connectivity index (χ2v) is 7.35. The van der Waals surface area contributed by atoms with Gasteiger partial charge < -0.3 is 10.1 Å². The third kappa shape index (κ3) is 3.83. The van der Waals surface area contributed by atoms with Gasteiger partial charge in [0.2, 0.25) is 5.91 Å². The predicted octanol–water partition coefficient (Wildman–Crippen LogP) is 1.54. The monoisotopic (exact) mass is 426 g/mol. The number of halogens is 1. The van der Waals surface area contributed by atoms with Crippen molar-refractivity contribution in [1.82, 2.24) is 14.1 Å². The SMILES string of the molecule is COC(=O)c1cc(C2CC2)nc2c1c(=O)n(CC(=O)Nc1ccc(F)cc1)c(=O)n2C. The van der Waals surface area contributed by atoms with Crippen molar-refractivity contribution < 1.29 is 18.7 Å². The lowest BCUT2D eigenvalue weighted by atomic mass is 10.1. The molecule has 160 valence electrons. The summed E-state index contributed by atoms with van der Waals surface area (Å²) in [5.41, 5.74) is -0.569. The first-order valence-corrected chi connectivity index (χ1v) is 9.58. The lowest BCUT2D eigenvalue weighted by molar-refractivity contribution is -0.116. The van der Waals surface area contributed by atoms with Gasteiger partial charge in [0, 0.05) is 24.3 Å². The molecule has 1 aliphatic carbocycles. The van der Waals surface area contributed by atoms with Gasteiger partial charge in [-0.3, -0.25) is 18.7 Å². The van der Waals surface area contributed by atoms with Gasteiger partial charge in [0.05, 0.1) is 18.1 Å². The fraction of sp³-hybridized carbons (Fsp3) is 0.286. The third-order valence-electron chi connectivity index (χ3n) is 5.15. The van der Waals surface area contributed by atoms with Crippen LogP contribution in [-0.4, -0.2) is 33.1 Å². The molecule has 1 amide bonds. The molecule has 2 heterocycles. The fourth-order valence-electron chi connectivity index (χ4n) is 3.37. The highest BCUT2D eigenvalue weighted by atomic mass is 19.1. The topological polar surface area (TPSA) is 112 Å². The van der Waals surface area contributed by atoms with Crippen molar-refractivity contribution >= 4 is 28.6 Å². The van der Waals surface area contributed by atoms with E-state index in [-0.39, 0.29) is 22.5 Å². The number of esters is 1. The molecule has 4 rings (SSSR count). The van der Waals surface area contributed by atoms with Crippen molar-refractivity contribution in [3.05, 3.63) is 68.2 Å². The number of aryl methyl sites for hydroxylation is 1. The van der Waals surface area contributed by atoms with Crippen molar-refractivity contribution in [2.75, 3.05) is 12.4 Å². The number of ether oxygens (including phenoxy) is 1. The maximum absolute atomic E-state index is 13.1. The number of hydrogen-bond acceptors (Lipinski definition) is 6. The van der Waals surface area contributed by atoms with E-state index in [1.807, 2.05) is 0 Å². The second-order valence-electron chi connectivity index (χ2n) is 7.35. The number of methoxy groups -OCH3 is 1. The van der Waals surface area contributed by atoms with E-state index in [2.05, 4.69) is 10.3 Å². The molecule has 2 aromatic heterocycles. The summed E-state index contributed by atoms with van der Waals surface area (Å²) >= 11 is 0. The van der Waals surface area contributed by atoms with Crippen molar-refractivity contribution in [2.45, 2.75) is 25.3 Å². The summed E-state index contributed by atoms with van der Waals surface area (Å²) in [7, 11) is 2.62. The van der Waals surface area contributed by atoms with Crippen molar-refractivity contribution in [3.63, 3.8) is 0 Å². The molecule has 3 aromatic rings. The zero-order valence-corrected chi connectivity index (χ0v) is 16.8. The summed E-state index contributed by atoms with van der Waals surface area (Å²) in [6.45, 7) is -0.593. The van der Waals surface area contributed by atoms with Crippen molar-refractivity contribution in [3.8, 4) is 0 Å². The molecule has 0 atom stereocenters. The number of aromatic nitrogens is 3. The molecule has 0 aliphatic heterocycles. The van der Waals surface area contributed by atoms with Gasteiger partial charge in [-0.05, 0) is 43.2 Å². The van der Waals surface area contributed by atoms with E-state index in [9.17, 15) is 23.6 Å². The number of amides is 1. The molecule has 0 saturated heterocycles. The van der Waals surface area contributed by atoms with Crippen LogP contribution in [-0.2, 0) is 23.1 Å². The molecular weight excluding hydrogens is 407 g/mol. The average molecular weight is 426 g/mol. The van der Waals surface area contributed by atoms with Crippen LogP contribution in [0.5, 0.6) is 0 Å². The molecule has 1 aliphatic rings. The van der Waals surface area contributed by atoms with E-state index in [1.165, 1.54) is 44.5 Å². The van der Waals surface area contributed by atoms with Crippen LogP contribution < -0.4 is 16.6 Å². The Balaban J connectivity index is 1.81. The maximum Gasteiger partial charge on any atom is 0.338 e. The molecule has 31 heavy (non-hydrogen) atoms. The lowest BCUT2D eigenvalue weighted by Crippen LogP contribution is -2.42. The van der Waals surface area contributed by atoms with E-state index in [1.54, 1.807) is 0 Å². The van der Waals surface area contributed by atoms with Gasteiger partial charge in [0.15, 0.2) is 0 Å². The quantitative estimate of drug-likeness (QED) is 0.620. The predicted molar refractivity (Wildman–Crippen MR) is 110 cm³/mol. The molecular formula is C21H19FN4O5. The Bertz CT molecular complexity index is 1320. The summed E-state index contributed by atoms with van der Waals surface area (Å²) in [6, 6.07) is 6.56. The van der Waals surface area contributed by atoms with Crippen LogP contribution in [0.25, 0.3) is 11.0 Å². The molecule has 1 aromatic carbocycles. The van der Waals surface area contributed by atoms with Gasteiger partial charge in [-0.25, -0.2) is 19.0 Å². The van der Waals surface area contributed by atoms with E-state index >= 15 is 0 Å². The molecule has 0 radical (unpaired) electrons. The summed E-state index contributed by atoms with van der Waals surface area (Å²) in [5, 5.41) is 2.41. The van der Waals surface area contributed by atoms with Crippen LogP contribution in [0.3, 0.4) is 0 Å². The molecule has 0 unspecified atom stereocenters. The summed E-state index contributed by atoms with van der Waals surface area (Å²) < 4.78 is 19.7. The second kappa shape index (κ2) is 7.78. The normalized spacial score (nSPS) is 13.3. The Morgan fingerprint density at radius 2 is 1.90 bits per heavy atom. The lowest BCUT2D eigenvalue weighted by Gasteiger charge is -2.13. The van der Waals surface area contributed by atoms with E-state index in [0.717, 1.165) is 22.0 Å². The number of carbonyl (C=O) groups is 2. The number of pyridine rings is 1. The smallest absolute Gasteiger partial charge is 0.338 e. The van der Waals surface area contributed by atoms with Crippen molar-refractivity contribution in [1.29, 1.82) is 0 Å². The minimum absolute atomic E-state index is 0.00249. The van der Waals surface area contributed by atoms with E-state index in [4.69, 9.17) is 4.74 Å². The van der Waals surface area contributed by atoms with Gasteiger partial charge in [0.1, 0.15) is 18.0 Å². The fourth-order valence-corrected chi connectivity index (χ4v) is 3.37. The summed E-state index contributed by atoms with van der Waals surface area (Å²) in [5.74, 6) is -1.68. The summed E-state index contributed by atoms with van der Waals surface area (Å²) in [6.07, 6.45) is 1.82. The number of anilines is 1. The number of carbonyl (C=O) groups excluding carboxylic acids is 2. The number of rotatable bonds is 5. The number of nitrogens with one attached hydrogen (secondary N) is 1. The Morgan fingerprint density at radius 1 is 1.23 bits per heavy atom. The van der Waals surface area contributed by atoms with Crippen LogP contribution in [0.2, 0.25) is 0 Å². The molecule has 9 nitrogen and oxygen atoms in total. The summed E-state index contributed by atoms with van der Waals surface area (Å²) in [4.78, 5) is 55.2. The van der Waals surface area contributed by atoms with Crippen molar-refractivity contribution in [2.24, 2.45) is 7.05 Å². The average Bonchev–Trinajstić information content (AvgIpc) is 3.61. The zero-order chi connectivity index (χ0) is 22.3. The Morgan fingerprint density at radius 3 is 2.52 bits per heavy atom. The molecule has 1 fully saturated rings. The van der Waals surface area contributed by atoms with Gasteiger partial charge in [-0.1, -0.05) is 0 Å². The van der Waals surface area contributed by atoms with Crippen LogP contribution in [0.4, 0.5) is 10.1 Å². The van der Waals surface area contributed by atoms with Crippen LogP contribution in [0, 0.1) is 5.82 Å². The molecule has 0 spiro atoms. The minimum Gasteiger partial charge on any atom is -0.465 e. The molecule has 1 saturated carbocycles. The van der Waals surface area contributed by atoms with Gasteiger partial charge in [0.25, 0.3) is 5.56 Å². The highest BCUT2D eigenvalue weighted by Crippen LogP contribution is 2.39. The number of hydrogen-bond donors (Lipinski definition) is 1. The Hall–Kier alpha value is -3.82. The Kier molecular flexibility index (Phi) is 5.14. The highest BCUT2D eigenvalue weighted by molar-refractivity contribution is 6.02. The van der Waals surface area contributed by atoms with Gasteiger partial charge in [-0.2, -0.15) is 0 Å². The Labute approximate surface area is 175 Å². The number of fused-ring (bicyclic) bond motifs is 1. The van der Waals surface area contributed by atoms with Crippen LogP contribution >= 0.6 is 0 Å². The van der Waals surface area contributed by atoms with Gasteiger partial charge in [-0.15, -0.1) is 0 Å². The molecule has 0 bridgehead atoms. The van der Waals surface area contributed by atoms with Crippen LogP contribution in [0.1, 0.15) is 34.8 Å². The molecule has 10 heteroatoms.